The molecule has 0 spiro atoms. The largest absolute Gasteiger partial charge is 0.642 e. The minimum absolute atomic E-state index is 0. The zero-order chi connectivity index (χ0) is 38.5. The molecule has 1 unspecified atom stereocenters. The summed E-state index contributed by atoms with van der Waals surface area (Å²) in [5.74, 6) is -0.629. The predicted octanol–water partition coefficient (Wildman–Crippen LogP) is 7.32. The average Bonchev–Trinajstić information content (AvgIpc) is 3.77. The molecule has 5 rings (SSSR count). The van der Waals surface area contributed by atoms with E-state index in [1.807, 2.05) is 32.3 Å². The molecule has 53 heavy (non-hydrogen) atoms. The molecule has 4 aromatic rings. The number of carbonyl (C=O) groups is 1. The van der Waals surface area contributed by atoms with Crippen LogP contribution in [0.3, 0.4) is 0 Å². The number of nitrogens with one attached hydrogen (secondary N) is 1. The Bertz CT molecular complexity index is 2020. The molecular formula is C37H46FHfN7O5S2-2. The summed E-state index contributed by atoms with van der Waals surface area (Å²) in [4.78, 5) is 36.1. The molecule has 1 N–H and O–H groups in total. The minimum Gasteiger partial charge on any atom is -0.642 e. The summed E-state index contributed by atoms with van der Waals surface area (Å²) in [5.41, 5.74) is 2.94. The maximum Gasteiger partial charge on any atom is 0.290 e. The zero-order valence-corrected chi connectivity index (χ0v) is 36.4. The Morgan fingerprint density at radius 1 is 1.25 bits per heavy atom. The summed E-state index contributed by atoms with van der Waals surface area (Å²) in [6.45, 7) is 11.6. The molecule has 0 fully saturated rings. The number of benzene rings is 2. The smallest absolute Gasteiger partial charge is 0.290 e. The van der Waals surface area contributed by atoms with Crippen molar-refractivity contribution in [1.29, 1.82) is 10.0 Å². The van der Waals surface area contributed by atoms with E-state index in [1.165, 1.54) is 35.8 Å². The summed E-state index contributed by atoms with van der Waals surface area (Å²) in [6, 6.07) is 10.9. The first-order chi connectivity index (χ1) is 24.8. The van der Waals surface area contributed by atoms with Crippen molar-refractivity contribution in [3.05, 3.63) is 87.2 Å². The Balaban J connectivity index is 0.000000711. The molecule has 2 aromatic carbocycles. The number of carbonyl (C=O) groups excluding carboxylic acids is 2. The van der Waals surface area contributed by atoms with Crippen molar-refractivity contribution >= 4 is 49.9 Å². The number of nitrogens with zero attached hydrogens (tertiary/aromatic N) is 6. The van der Waals surface area contributed by atoms with Crippen molar-refractivity contribution in [2.45, 2.75) is 66.2 Å². The first kappa shape index (κ1) is 45.5. The van der Waals surface area contributed by atoms with Gasteiger partial charge in [-0.3, -0.25) is 13.8 Å². The van der Waals surface area contributed by atoms with Crippen molar-refractivity contribution in [3.63, 3.8) is 0 Å². The van der Waals surface area contributed by atoms with Gasteiger partial charge in [0.15, 0.2) is 5.82 Å². The van der Waals surface area contributed by atoms with Crippen LogP contribution >= 0.6 is 11.3 Å². The van der Waals surface area contributed by atoms with Crippen LogP contribution in [0.1, 0.15) is 79.6 Å². The van der Waals surface area contributed by atoms with Crippen LogP contribution in [0.25, 0.3) is 21.9 Å². The summed E-state index contributed by atoms with van der Waals surface area (Å²) in [7, 11) is -1.06. The van der Waals surface area contributed by atoms with Gasteiger partial charge in [-0.1, -0.05) is 50.3 Å². The molecule has 1 aliphatic rings. The molecule has 1 aliphatic heterocycles. The molecule has 0 saturated heterocycles. The van der Waals surface area contributed by atoms with Crippen LogP contribution in [-0.2, 0) is 58.3 Å². The Hall–Kier alpha value is -3.62. The fraction of sp³-hybridized carbons (Fsp3) is 0.432. The Labute approximate surface area is 334 Å². The zero-order valence-electron chi connectivity index (χ0n) is 31.2. The van der Waals surface area contributed by atoms with Crippen molar-refractivity contribution in [3.8, 4) is 11.3 Å². The monoisotopic (exact) mass is 931 g/mol. The Kier molecular flexibility index (Phi) is 18.3. The van der Waals surface area contributed by atoms with Gasteiger partial charge in [-0.2, -0.15) is 18.4 Å². The third-order valence-electron chi connectivity index (χ3n) is 8.03. The summed E-state index contributed by atoms with van der Waals surface area (Å²) in [6.07, 6.45) is 8.40. The van der Waals surface area contributed by atoms with Crippen molar-refractivity contribution < 1.29 is 53.5 Å². The van der Waals surface area contributed by atoms with E-state index in [4.69, 9.17) is 19.5 Å². The van der Waals surface area contributed by atoms with Gasteiger partial charge >= 0.3 is 0 Å². The SMILES string of the molecule is CC.CCC(C)(C)OC[N-]C.CS(=N)(=O)CCn1c(C(=O)N2CC=C(c3cnc(OCc4ccc(C#N)cc4F)s3)CC2)nc2ccc([C-]=O)cc21.[Hf]. The minimum atomic E-state index is -2.82. The molecule has 1 atom stereocenters. The molecule has 16 heteroatoms. The van der Waals surface area contributed by atoms with Crippen LogP contribution in [0.2, 0.25) is 0 Å². The summed E-state index contributed by atoms with van der Waals surface area (Å²) < 4.78 is 46.7. The molecule has 3 heterocycles. The van der Waals surface area contributed by atoms with Gasteiger partial charge in [-0.05, 0) is 51.1 Å². The van der Waals surface area contributed by atoms with Crippen molar-refractivity contribution in [2.24, 2.45) is 0 Å². The van der Waals surface area contributed by atoms with Crippen LogP contribution < -0.4 is 4.74 Å². The number of rotatable bonds is 13. The van der Waals surface area contributed by atoms with Crippen molar-refractivity contribution in [1.82, 2.24) is 19.4 Å². The number of fused-ring (bicyclic) bond motifs is 1. The number of amides is 1. The first-order valence-electron chi connectivity index (χ1n) is 16.8. The second-order valence-corrected chi connectivity index (χ2v) is 15.6. The van der Waals surface area contributed by atoms with Gasteiger partial charge in [0.05, 0.1) is 33.9 Å². The predicted molar refractivity (Wildman–Crippen MR) is 203 cm³/mol. The van der Waals surface area contributed by atoms with Gasteiger partial charge in [0, 0.05) is 84.5 Å². The third-order valence-corrected chi connectivity index (χ3v) is 9.98. The van der Waals surface area contributed by atoms with E-state index in [0.29, 0.717) is 53.6 Å². The number of aryl methyl sites for hydroxylation is 1. The number of hydrogen-bond acceptors (Lipinski definition) is 10. The molecule has 2 aromatic heterocycles. The average molecular weight is 930 g/mol. The second-order valence-electron chi connectivity index (χ2n) is 12.2. The number of aromatic nitrogens is 3. The Morgan fingerprint density at radius 3 is 2.57 bits per heavy atom. The van der Waals surface area contributed by atoms with Crippen LogP contribution in [0.4, 0.5) is 4.39 Å². The van der Waals surface area contributed by atoms with Gasteiger partial charge < -0.3 is 29.1 Å². The van der Waals surface area contributed by atoms with Gasteiger partial charge in [0.1, 0.15) is 12.4 Å². The van der Waals surface area contributed by atoms with Crippen LogP contribution in [0.5, 0.6) is 5.19 Å². The second kappa shape index (κ2) is 21.3. The number of ether oxygens (including phenoxy) is 2. The Morgan fingerprint density at radius 2 is 1.98 bits per heavy atom. The number of nitriles is 1. The number of thiazole rings is 1. The summed E-state index contributed by atoms with van der Waals surface area (Å²) in [5, 5.41) is 13.1. The summed E-state index contributed by atoms with van der Waals surface area (Å²) >= 11 is 1.32. The van der Waals surface area contributed by atoms with Gasteiger partial charge in [-0.15, -0.1) is 11.6 Å². The fourth-order valence-corrected chi connectivity index (χ4v) is 6.11. The maximum atomic E-state index is 14.1. The van der Waals surface area contributed by atoms with E-state index in [9.17, 15) is 18.2 Å². The van der Waals surface area contributed by atoms with E-state index in [1.54, 1.807) is 40.9 Å². The fourth-order valence-electron chi connectivity index (χ4n) is 4.75. The van der Waals surface area contributed by atoms with Gasteiger partial charge in [-0.25, -0.2) is 14.4 Å². The standard InChI is InChI=1S/C28H24FN6O4S2.C7H16NO.C2H6.Hf/c1-41(31,38)11-10-35-24-13-19(16-36)3-5-23(24)33-26(35)27(37)34-8-6-20(7-9-34)25-15-32-28(40-25)39-17-21-4-2-18(14-30)12-22(21)29;1-5-7(2,3)9-6-8-4;1-2;/h2-6,12-13,15,31H,7-11,17H2,1H3;5-6H2,1-4H3;1-2H3;/q2*-1;;. The maximum absolute atomic E-state index is 14.1. The quantitative estimate of drug-likeness (QED) is 0.108. The number of imidazole rings is 1. The van der Waals surface area contributed by atoms with E-state index >= 15 is 0 Å². The van der Waals surface area contributed by atoms with Crippen LogP contribution in [-0.4, -0.2) is 80.3 Å². The molecule has 0 aliphatic carbocycles. The van der Waals surface area contributed by atoms with Gasteiger partial charge in [0.2, 0.25) is 0 Å². The molecule has 1 amide bonds. The molecule has 0 saturated carbocycles. The van der Waals surface area contributed by atoms with E-state index < -0.39 is 15.5 Å². The molecule has 0 radical (unpaired) electrons. The number of halogens is 1. The molecule has 0 bridgehead atoms. The van der Waals surface area contributed by atoms with Crippen LogP contribution in [0, 0.1) is 21.9 Å². The van der Waals surface area contributed by atoms with E-state index in [2.05, 4.69) is 36.1 Å². The normalized spacial score (nSPS) is 13.6. The first-order valence-corrected chi connectivity index (χ1v) is 19.8. The number of hydrogen-bond donors (Lipinski definition) is 1. The third kappa shape index (κ3) is 13.3. The van der Waals surface area contributed by atoms with Gasteiger partial charge in [0.25, 0.3) is 11.1 Å². The molecular weight excluding hydrogens is 884 g/mol. The molecule has 12 nitrogen and oxygen atoms in total. The van der Waals surface area contributed by atoms with Crippen LogP contribution in [0.15, 0.2) is 48.7 Å². The van der Waals surface area contributed by atoms with Crippen molar-refractivity contribution in [2.75, 3.05) is 38.9 Å². The van der Waals surface area contributed by atoms with E-state index in [0.717, 1.165) is 16.9 Å². The topological polar surface area (TPSA) is 165 Å². The molecule has 284 valence electrons. The van der Waals surface area contributed by atoms with E-state index in [-0.39, 0.29) is 67.6 Å².